The molecule has 9 heteroatoms. The number of hydrogen-bond donors (Lipinski definition) is 1. The van der Waals surface area contributed by atoms with Gasteiger partial charge in [0.2, 0.25) is 0 Å². The first-order valence-corrected chi connectivity index (χ1v) is 14.1. The zero-order valence-corrected chi connectivity index (χ0v) is 22.0. The first kappa shape index (κ1) is 26.2. The maximum Gasteiger partial charge on any atom is 0.303 e. The molecule has 0 amide bonds. The Bertz CT molecular complexity index is 1140. The lowest BCUT2D eigenvalue weighted by molar-refractivity contribution is -0.139. The standard InChI is InChI=1S/C26H30ClFN2O3S2/c1-33-19-3-5-24-21(15-19)20(6-9-29-24)23(28)4-2-17-7-10-30(16-18(17)14-25(31)32)11-13-35-26-22(27)8-12-34-26/h3,5-6,8-9,12,15,17-18,23H,2,4,7,10-11,13-14,16H2,1H3,(H,31,32)/t17-,18+,23?/m1/s1. The molecule has 1 saturated heterocycles. The number of piperidine rings is 1. The Hall–Kier alpha value is -1.87. The van der Waals surface area contributed by atoms with Gasteiger partial charge in [-0.05, 0) is 78.9 Å². The lowest BCUT2D eigenvalue weighted by atomic mass is 9.79. The summed E-state index contributed by atoms with van der Waals surface area (Å²) >= 11 is 9.57. The van der Waals surface area contributed by atoms with E-state index in [0.29, 0.717) is 24.2 Å². The number of thiophene rings is 1. The number of aliphatic carboxylic acids is 1. The van der Waals surface area contributed by atoms with Crippen LogP contribution in [0.1, 0.15) is 37.4 Å². The van der Waals surface area contributed by atoms with E-state index in [1.54, 1.807) is 42.5 Å². The third-order valence-electron chi connectivity index (χ3n) is 6.75. The van der Waals surface area contributed by atoms with Gasteiger partial charge in [-0.3, -0.25) is 9.78 Å². The zero-order chi connectivity index (χ0) is 24.8. The summed E-state index contributed by atoms with van der Waals surface area (Å²) in [5, 5.41) is 13.0. The van der Waals surface area contributed by atoms with Crippen molar-refractivity contribution in [3.05, 3.63) is 52.5 Å². The number of pyridine rings is 1. The number of thioether (sulfide) groups is 1. The number of likely N-dealkylation sites (tertiary alicyclic amines) is 1. The number of carboxylic acid groups (broad SMARTS) is 1. The van der Waals surface area contributed by atoms with Gasteiger partial charge in [0.1, 0.15) is 11.9 Å². The topological polar surface area (TPSA) is 62.7 Å². The number of hydrogen-bond acceptors (Lipinski definition) is 6. The molecule has 1 fully saturated rings. The highest BCUT2D eigenvalue weighted by Gasteiger charge is 2.31. The predicted molar refractivity (Wildman–Crippen MR) is 142 cm³/mol. The number of benzene rings is 1. The fourth-order valence-electron chi connectivity index (χ4n) is 4.91. The van der Waals surface area contributed by atoms with E-state index in [1.807, 2.05) is 29.6 Å². The summed E-state index contributed by atoms with van der Waals surface area (Å²) in [6.07, 6.45) is 2.55. The van der Waals surface area contributed by atoms with Gasteiger partial charge in [-0.25, -0.2) is 4.39 Å². The minimum atomic E-state index is -1.14. The fraction of sp³-hybridized carbons (Fsp3) is 0.462. The highest BCUT2D eigenvalue weighted by Crippen LogP contribution is 2.37. The van der Waals surface area contributed by atoms with E-state index in [0.717, 1.165) is 51.9 Å². The van der Waals surface area contributed by atoms with Crippen LogP contribution in [0.3, 0.4) is 0 Å². The molecule has 4 rings (SSSR count). The number of alkyl halides is 1. The van der Waals surface area contributed by atoms with Gasteiger partial charge in [-0.15, -0.1) is 23.1 Å². The van der Waals surface area contributed by atoms with Crippen molar-refractivity contribution in [3.8, 4) is 5.75 Å². The van der Waals surface area contributed by atoms with Gasteiger partial charge in [0.25, 0.3) is 0 Å². The van der Waals surface area contributed by atoms with Gasteiger partial charge in [0.15, 0.2) is 0 Å². The van der Waals surface area contributed by atoms with Crippen LogP contribution in [0.5, 0.6) is 5.75 Å². The summed E-state index contributed by atoms with van der Waals surface area (Å²) in [7, 11) is 1.59. The molecular formula is C26H30ClFN2O3S2. The third kappa shape index (κ3) is 6.88. The van der Waals surface area contributed by atoms with Crippen molar-refractivity contribution in [1.82, 2.24) is 9.88 Å². The summed E-state index contributed by atoms with van der Waals surface area (Å²) in [4.78, 5) is 18.3. The molecule has 0 radical (unpaired) electrons. The van der Waals surface area contributed by atoms with Crippen molar-refractivity contribution >= 4 is 51.6 Å². The first-order chi connectivity index (χ1) is 16.9. The average molecular weight is 537 g/mol. The van der Waals surface area contributed by atoms with E-state index in [-0.39, 0.29) is 18.3 Å². The van der Waals surface area contributed by atoms with Crippen LogP contribution in [0, 0.1) is 11.8 Å². The summed E-state index contributed by atoms with van der Waals surface area (Å²) in [5.74, 6) is 1.02. The molecule has 5 nitrogen and oxygen atoms in total. The minimum absolute atomic E-state index is 0.0260. The van der Waals surface area contributed by atoms with Crippen LogP contribution in [-0.4, -0.2) is 53.5 Å². The second-order valence-corrected chi connectivity index (χ2v) is 11.6. The molecule has 2 aromatic heterocycles. The SMILES string of the molecule is COc1ccc2nccc(C(F)CC[C@@H]3CCN(CCSc4sccc4Cl)C[C@@H]3CC(=O)O)c2c1. The van der Waals surface area contributed by atoms with Crippen molar-refractivity contribution in [2.24, 2.45) is 11.8 Å². The van der Waals surface area contributed by atoms with Crippen molar-refractivity contribution in [2.75, 3.05) is 32.5 Å². The molecule has 1 aromatic carbocycles. The zero-order valence-electron chi connectivity index (χ0n) is 19.7. The van der Waals surface area contributed by atoms with Gasteiger partial charge in [0, 0.05) is 36.8 Å². The molecule has 0 aliphatic carbocycles. The van der Waals surface area contributed by atoms with Crippen LogP contribution in [0.15, 0.2) is 46.1 Å². The Morgan fingerprint density at radius 3 is 2.97 bits per heavy atom. The Labute approximate surface area is 218 Å². The van der Waals surface area contributed by atoms with Gasteiger partial charge in [-0.1, -0.05) is 11.6 Å². The molecule has 188 valence electrons. The molecule has 1 aliphatic heterocycles. The van der Waals surface area contributed by atoms with E-state index < -0.39 is 12.1 Å². The number of rotatable bonds is 11. The Kier molecular flexibility index (Phi) is 9.27. The van der Waals surface area contributed by atoms with Crippen LogP contribution in [0.25, 0.3) is 10.9 Å². The van der Waals surface area contributed by atoms with Crippen molar-refractivity contribution < 1.29 is 19.0 Å². The Morgan fingerprint density at radius 2 is 2.23 bits per heavy atom. The fourth-order valence-corrected chi connectivity index (χ4v) is 7.28. The maximum absolute atomic E-state index is 15.4. The summed E-state index contributed by atoms with van der Waals surface area (Å²) in [6.45, 7) is 2.53. The third-order valence-corrected chi connectivity index (χ3v) is 9.50. The summed E-state index contributed by atoms with van der Waals surface area (Å²) < 4.78 is 21.9. The van der Waals surface area contributed by atoms with Crippen LogP contribution in [-0.2, 0) is 4.79 Å². The number of fused-ring (bicyclic) bond motifs is 1. The molecule has 1 unspecified atom stereocenters. The van der Waals surface area contributed by atoms with Gasteiger partial charge < -0.3 is 14.7 Å². The number of ether oxygens (including phenoxy) is 1. The van der Waals surface area contributed by atoms with E-state index in [2.05, 4.69) is 9.88 Å². The van der Waals surface area contributed by atoms with E-state index in [4.69, 9.17) is 16.3 Å². The van der Waals surface area contributed by atoms with Crippen LogP contribution < -0.4 is 4.74 Å². The molecule has 0 saturated carbocycles. The number of halogens is 2. The monoisotopic (exact) mass is 536 g/mol. The quantitative estimate of drug-likeness (QED) is 0.267. The van der Waals surface area contributed by atoms with E-state index >= 15 is 4.39 Å². The van der Waals surface area contributed by atoms with Crippen molar-refractivity contribution in [3.63, 3.8) is 0 Å². The largest absolute Gasteiger partial charge is 0.497 e. The van der Waals surface area contributed by atoms with Gasteiger partial charge in [0.05, 0.1) is 21.9 Å². The van der Waals surface area contributed by atoms with E-state index in [1.165, 1.54) is 0 Å². The number of nitrogens with zero attached hydrogens (tertiary/aromatic N) is 2. The number of carboxylic acids is 1. The molecule has 3 aromatic rings. The van der Waals surface area contributed by atoms with Crippen molar-refractivity contribution in [1.29, 1.82) is 0 Å². The minimum Gasteiger partial charge on any atom is -0.497 e. The van der Waals surface area contributed by atoms with Crippen LogP contribution >= 0.6 is 34.7 Å². The highest BCUT2D eigenvalue weighted by atomic mass is 35.5. The van der Waals surface area contributed by atoms with Crippen LogP contribution in [0.4, 0.5) is 4.39 Å². The molecule has 0 spiro atoms. The molecule has 1 N–H and O–H groups in total. The van der Waals surface area contributed by atoms with Crippen molar-refractivity contribution in [2.45, 2.75) is 36.1 Å². The lowest BCUT2D eigenvalue weighted by Gasteiger charge is -2.38. The average Bonchev–Trinajstić information content (AvgIpc) is 3.26. The highest BCUT2D eigenvalue weighted by molar-refractivity contribution is 8.01. The predicted octanol–water partition coefficient (Wildman–Crippen LogP) is 6.95. The molecule has 3 atom stereocenters. The molecule has 35 heavy (non-hydrogen) atoms. The smallest absolute Gasteiger partial charge is 0.303 e. The Balaban J connectivity index is 1.35. The second-order valence-electron chi connectivity index (χ2n) is 8.94. The number of methoxy groups -OCH3 is 1. The van der Waals surface area contributed by atoms with Gasteiger partial charge in [-0.2, -0.15) is 0 Å². The summed E-state index contributed by atoms with van der Waals surface area (Å²) in [5.41, 5.74) is 1.36. The van der Waals surface area contributed by atoms with E-state index in [9.17, 15) is 9.90 Å². The normalized spacial score (nSPS) is 19.6. The maximum atomic E-state index is 15.4. The van der Waals surface area contributed by atoms with Crippen LogP contribution in [0.2, 0.25) is 5.02 Å². The van der Waals surface area contributed by atoms with Gasteiger partial charge >= 0.3 is 5.97 Å². The first-order valence-electron chi connectivity index (χ1n) is 11.8. The molecule has 1 aliphatic rings. The number of aromatic nitrogens is 1. The number of carbonyl (C=O) groups is 1. The molecule has 3 heterocycles. The molecular weight excluding hydrogens is 507 g/mol. The summed E-state index contributed by atoms with van der Waals surface area (Å²) in [6, 6.07) is 9.14. The molecule has 0 bridgehead atoms. The lowest BCUT2D eigenvalue weighted by Crippen LogP contribution is -2.42. The Morgan fingerprint density at radius 1 is 1.37 bits per heavy atom. The second kappa shape index (κ2) is 12.4.